The molecule has 126 valence electrons. The summed E-state index contributed by atoms with van der Waals surface area (Å²) in [5, 5.41) is 2.94. The molecule has 5 heteroatoms. The van der Waals surface area contributed by atoms with E-state index in [2.05, 4.69) is 5.32 Å². The average molecular weight is 318 g/mol. The standard InChI is InChI=1S/C18H26N2O3/c1-3-10-19-18(22)15-8-11-20(12-9-15)17(21)13-14-4-6-16(23-2)7-5-14/h4-7,15H,3,8-13H2,1-2H3,(H,19,22). The average Bonchev–Trinajstić information content (AvgIpc) is 2.60. The van der Waals surface area contributed by atoms with Crippen LogP contribution in [-0.4, -0.2) is 43.5 Å². The number of nitrogens with one attached hydrogen (secondary N) is 1. The maximum absolute atomic E-state index is 12.4. The quantitative estimate of drug-likeness (QED) is 0.873. The molecule has 0 unspecified atom stereocenters. The lowest BCUT2D eigenvalue weighted by atomic mass is 9.95. The molecule has 1 saturated heterocycles. The number of hydrogen-bond donors (Lipinski definition) is 1. The van der Waals surface area contributed by atoms with Crippen molar-refractivity contribution in [1.29, 1.82) is 0 Å². The molecule has 0 bridgehead atoms. The van der Waals surface area contributed by atoms with E-state index in [0.717, 1.165) is 37.1 Å². The third-order valence-corrected chi connectivity index (χ3v) is 4.28. The van der Waals surface area contributed by atoms with Gasteiger partial charge in [-0.15, -0.1) is 0 Å². The Labute approximate surface area is 138 Å². The van der Waals surface area contributed by atoms with Crippen LogP contribution in [0.3, 0.4) is 0 Å². The van der Waals surface area contributed by atoms with Crippen molar-refractivity contribution in [1.82, 2.24) is 10.2 Å². The van der Waals surface area contributed by atoms with Gasteiger partial charge in [-0.05, 0) is 37.0 Å². The zero-order chi connectivity index (χ0) is 16.7. The van der Waals surface area contributed by atoms with Crippen molar-refractivity contribution < 1.29 is 14.3 Å². The highest BCUT2D eigenvalue weighted by atomic mass is 16.5. The number of likely N-dealkylation sites (tertiary alicyclic amines) is 1. The van der Waals surface area contributed by atoms with Gasteiger partial charge in [0.05, 0.1) is 13.5 Å². The lowest BCUT2D eigenvalue weighted by Gasteiger charge is -2.31. The van der Waals surface area contributed by atoms with Gasteiger partial charge in [0, 0.05) is 25.6 Å². The van der Waals surface area contributed by atoms with E-state index < -0.39 is 0 Å². The van der Waals surface area contributed by atoms with Gasteiger partial charge >= 0.3 is 0 Å². The normalized spacial score (nSPS) is 15.3. The summed E-state index contributed by atoms with van der Waals surface area (Å²) in [4.78, 5) is 26.2. The summed E-state index contributed by atoms with van der Waals surface area (Å²) >= 11 is 0. The number of benzene rings is 1. The number of amides is 2. The van der Waals surface area contributed by atoms with Gasteiger partial charge < -0.3 is 15.0 Å². The van der Waals surface area contributed by atoms with E-state index in [1.165, 1.54) is 0 Å². The number of carbonyl (C=O) groups is 2. The SMILES string of the molecule is CCCNC(=O)C1CCN(C(=O)Cc2ccc(OC)cc2)CC1. The molecule has 23 heavy (non-hydrogen) atoms. The lowest BCUT2D eigenvalue weighted by molar-refractivity contribution is -0.135. The number of rotatable bonds is 6. The second-order valence-electron chi connectivity index (χ2n) is 5.97. The van der Waals surface area contributed by atoms with Crippen molar-refractivity contribution in [2.45, 2.75) is 32.6 Å². The van der Waals surface area contributed by atoms with Crippen LogP contribution in [0.4, 0.5) is 0 Å². The van der Waals surface area contributed by atoms with Gasteiger partial charge in [-0.25, -0.2) is 0 Å². The summed E-state index contributed by atoms with van der Waals surface area (Å²) in [5.41, 5.74) is 0.985. The van der Waals surface area contributed by atoms with Crippen LogP contribution < -0.4 is 10.1 Å². The Morgan fingerprint density at radius 2 is 1.87 bits per heavy atom. The second kappa shape index (κ2) is 8.56. The van der Waals surface area contributed by atoms with E-state index in [1.54, 1.807) is 7.11 Å². The van der Waals surface area contributed by atoms with Crippen molar-refractivity contribution in [2.24, 2.45) is 5.92 Å². The van der Waals surface area contributed by atoms with Crippen molar-refractivity contribution >= 4 is 11.8 Å². The van der Waals surface area contributed by atoms with Crippen LogP contribution in [0, 0.1) is 5.92 Å². The molecule has 5 nitrogen and oxygen atoms in total. The maximum Gasteiger partial charge on any atom is 0.226 e. The molecule has 0 aliphatic carbocycles. The molecule has 1 aliphatic rings. The zero-order valence-electron chi connectivity index (χ0n) is 14.0. The summed E-state index contributed by atoms with van der Waals surface area (Å²) in [5.74, 6) is 1.10. The first-order valence-corrected chi connectivity index (χ1v) is 8.32. The molecule has 1 aromatic rings. The van der Waals surface area contributed by atoms with Crippen molar-refractivity contribution in [3.63, 3.8) is 0 Å². The summed E-state index contributed by atoms with van der Waals surface area (Å²) in [6, 6.07) is 7.57. The maximum atomic E-state index is 12.4. The topological polar surface area (TPSA) is 58.6 Å². The molecule has 1 heterocycles. The van der Waals surface area contributed by atoms with E-state index in [-0.39, 0.29) is 17.7 Å². The summed E-state index contributed by atoms with van der Waals surface area (Å²) in [6.07, 6.45) is 2.86. The zero-order valence-corrected chi connectivity index (χ0v) is 14.0. The highest BCUT2D eigenvalue weighted by Gasteiger charge is 2.26. The number of hydrogen-bond acceptors (Lipinski definition) is 3. The summed E-state index contributed by atoms with van der Waals surface area (Å²) in [6.45, 7) is 4.11. The minimum Gasteiger partial charge on any atom is -0.497 e. The van der Waals surface area contributed by atoms with Gasteiger partial charge in [0.15, 0.2) is 0 Å². The minimum atomic E-state index is 0.0478. The molecule has 0 radical (unpaired) electrons. The Bertz CT molecular complexity index is 520. The van der Waals surface area contributed by atoms with E-state index in [1.807, 2.05) is 36.1 Å². The molecule has 1 N–H and O–H groups in total. The van der Waals surface area contributed by atoms with Gasteiger partial charge in [-0.3, -0.25) is 9.59 Å². The first-order chi connectivity index (χ1) is 11.1. The van der Waals surface area contributed by atoms with Crippen LogP contribution in [0.15, 0.2) is 24.3 Å². The number of nitrogens with zero attached hydrogens (tertiary/aromatic N) is 1. The van der Waals surface area contributed by atoms with Crippen LogP contribution in [0.25, 0.3) is 0 Å². The molecule has 0 atom stereocenters. The van der Waals surface area contributed by atoms with Gasteiger partial charge in [-0.1, -0.05) is 19.1 Å². The Balaban J connectivity index is 1.79. The van der Waals surface area contributed by atoms with Crippen LogP contribution in [0.2, 0.25) is 0 Å². The van der Waals surface area contributed by atoms with E-state index in [0.29, 0.717) is 19.5 Å². The van der Waals surface area contributed by atoms with Crippen molar-refractivity contribution in [2.75, 3.05) is 26.7 Å². The third kappa shape index (κ3) is 4.98. The largest absolute Gasteiger partial charge is 0.497 e. The van der Waals surface area contributed by atoms with E-state index >= 15 is 0 Å². The molecular formula is C18H26N2O3. The molecule has 1 aliphatic heterocycles. The predicted molar refractivity (Wildman–Crippen MR) is 89.3 cm³/mol. The Morgan fingerprint density at radius 1 is 1.22 bits per heavy atom. The molecule has 2 rings (SSSR count). The molecule has 0 aromatic heterocycles. The van der Waals surface area contributed by atoms with E-state index in [9.17, 15) is 9.59 Å². The fraction of sp³-hybridized carbons (Fsp3) is 0.556. The van der Waals surface area contributed by atoms with Gasteiger partial charge in [0.1, 0.15) is 5.75 Å². The van der Waals surface area contributed by atoms with Gasteiger partial charge in [-0.2, -0.15) is 0 Å². The fourth-order valence-electron chi connectivity index (χ4n) is 2.81. The first-order valence-electron chi connectivity index (χ1n) is 8.32. The monoisotopic (exact) mass is 318 g/mol. The number of methoxy groups -OCH3 is 1. The number of piperidine rings is 1. The summed E-state index contributed by atoms with van der Waals surface area (Å²) < 4.78 is 5.12. The molecule has 0 spiro atoms. The van der Waals surface area contributed by atoms with Gasteiger partial charge in [0.25, 0.3) is 0 Å². The number of carbonyl (C=O) groups excluding carboxylic acids is 2. The van der Waals surface area contributed by atoms with E-state index in [4.69, 9.17) is 4.74 Å². The number of ether oxygens (including phenoxy) is 1. The smallest absolute Gasteiger partial charge is 0.226 e. The molecule has 1 fully saturated rings. The highest BCUT2D eigenvalue weighted by Crippen LogP contribution is 2.19. The first kappa shape index (κ1) is 17.3. The minimum absolute atomic E-state index is 0.0478. The summed E-state index contributed by atoms with van der Waals surface area (Å²) in [7, 11) is 1.63. The van der Waals surface area contributed by atoms with Crippen LogP contribution in [-0.2, 0) is 16.0 Å². The van der Waals surface area contributed by atoms with Crippen LogP contribution >= 0.6 is 0 Å². The van der Waals surface area contributed by atoms with Crippen molar-refractivity contribution in [3.05, 3.63) is 29.8 Å². The molecule has 0 saturated carbocycles. The van der Waals surface area contributed by atoms with Crippen LogP contribution in [0.1, 0.15) is 31.7 Å². The molecule has 1 aromatic carbocycles. The van der Waals surface area contributed by atoms with Crippen molar-refractivity contribution in [3.8, 4) is 5.75 Å². The molecular weight excluding hydrogens is 292 g/mol. The lowest BCUT2D eigenvalue weighted by Crippen LogP contribution is -2.43. The second-order valence-corrected chi connectivity index (χ2v) is 5.97. The Morgan fingerprint density at radius 3 is 2.43 bits per heavy atom. The fourth-order valence-corrected chi connectivity index (χ4v) is 2.81. The Kier molecular flexibility index (Phi) is 6.44. The van der Waals surface area contributed by atoms with Gasteiger partial charge in [0.2, 0.25) is 11.8 Å². The Hall–Kier alpha value is -2.04. The predicted octanol–water partition coefficient (Wildman–Crippen LogP) is 2.00. The molecule has 2 amide bonds. The van der Waals surface area contributed by atoms with Crippen LogP contribution in [0.5, 0.6) is 5.75 Å². The highest BCUT2D eigenvalue weighted by molar-refractivity contribution is 5.81. The third-order valence-electron chi connectivity index (χ3n) is 4.28.